The lowest BCUT2D eigenvalue weighted by molar-refractivity contribution is 0.660. The number of fused-ring (bicyclic) bond motifs is 6. The highest BCUT2D eigenvalue weighted by Crippen LogP contribution is 2.50. The molecule has 0 bridgehead atoms. The van der Waals surface area contributed by atoms with Gasteiger partial charge in [-0.3, -0.25) is 4.98 Å². The summed E-state index contributed by atoms with van der Waals surface area (Å²) in [5.41, 5.74) is 12.9. The zero-order valence-electron chi connectivity index (χ0n) is 25.4. The number of hydrogen-bond acceptors (Lipinski definition) is 1. The minimum Gasteiger partial charge on any atom is -0.264 e. The minimum absolute atomic E-state index is 0.0315. The monoisotopic (exact) mass is 573 g/mol. The van der Waals surface area contributed by atoms with Crippen molar-refractivity contribution in [2.75, 3.05) is 0 Å². The van der Waals surface area contributed by atoms with Crippen molar-refractivity contribution >= 4 is 32.3 Å². The Bertz CT molecular complexity index is 2410. The van der Waals surface area contributed by atoms with Crippen molar-refractivity contribution in [2.24, 2.45) is 0 Å². The van der Waals surface area contributed by atoms with Gasteiger partial charge in [0, 0.05) is 23.2 Å². The Balaban J connectivity index is 1.25. The first-order valence-electron chi connectivity index (χ1n) is 15.7. The van der Waals surface area contributed by atoms with Crippen LogP contribution in [0, 0.1) is 0 Å². The Labute approximate surface area is 263 Å². The molecular weight excluding hydrogens is 542 g/mol. The summed E-state index contributed by atoms with van der Waals surface area (Å²) in [5, 5.41) is 7.38. The van der Waals surface area contributed by atoms with Crippen LogP contribution in [-0.2, 0) is 5.41 Å². The van der Waals surface area contributed by atoms with Crippen LogP contribution in [0.25, 0.3) is 76.8 Å². The third kappa shape index (κ3) is 3.90. The normalized spacial score (nSPS) is 13.3. The van der Waals surface area contributed by atoms with Gasteiger partial charge in [-0.05, 0) is 107 Å². The molecule has 0 saturated carbocycles. The van der Waals surface area contributed by atoms with Crippen LogP contribution in [0.2, 0.25) is 0 Å². The first kappa shape index (κ1) is 25.9. The summed E-state index contributed by atoms with van der Waals surface area (Å²) in [6.45, 7) is 4.69. The van der Waals surface area contributed by atoms with Gasteiger partial charge >= 0.3 is 0 Å². The number of hydrogen-bond donors (Lipinski definition) is 0. The lowest BCUT2D eigenvalue weighted by Gasteiger charge is -2.22. The molecule has 0 atom stereocenters. The fourth-order valence-electron chi connectivity index (χ4n) is 7.73. The minimum atomic E-state index is -0.0315. The highest BCUT2D eigenvalue weighted by atomic mass is 14.6. The van der Waals surface area contributed by atoms with Gasteiger partial charge in [0.1, 0.15) is 0 Å². The van der Waals surface area contributed by atoms with Crippen LogP contribution in [0.15, 0.2) is 152 Å². The number of nitrogens with zero attached hydrogens (tertiary/aromatic N) is 1. The molecule has 0 amide bonds. The van der Waals surface area contributed by atoms with Gasteiger partial charge in [-0.25, -0.2) is 0 Å². The molecule has 1 heteroatoms. The molecule has 0 saturated heterocycles. The van der Waals surface area contributed by atoms with E-state index in [1.807, 2.05) is 12.4 Å². The Hall–Kier alpha value is -5.53. The average Bonchev–Trinajstić information content (AvgIpc) is 3.32. The summed E-state index contributed by atoms with van der Waals surface area (Å²) in [6, 6.07) is 51.4. The first-order valence-corrected chi connectivity index (χ1v) is 15.7. The Morgan fingerprint density at radius 2 is 1.04 bits per heavy atom. The molecule has 0 spiro atoms. The van der Waals surface area contributed by atoms with Crippen molar-refractivity contribution in [1.82, 2.24) is 4.98 Å². The maximum atomic E-state index is 4.65. The third-order valence-electron chi connectivity index (χ3n) is 9.93. The second-order valence-electron chi connectivity index (χ2n) is 12.8. The first-order chi connectivity index (χ1) is 22.1. The molecule has 1 aliphatic carbocycles. The fourth-order valence-corrected chi connectivity index (χ4v) is 7.73. The average molecular weight is 574 g/mol. The quantitative estimate of drug-likeness (QED) is 0.192. The molecule has 0 fully saturated rings. The summed E-state index contributed by atoms with van der Waals surface area (Å²) in [7, 11) is 0. The molecule has 1 aromatic heterocycles. The maximum absolute atomic E-state index is 4.65. The lowest BCUT2D eigenvalue weighted by Crippen LogP contribution is -2.14. The van der Waals surface area contributed by atoms with Crippen molar-refractivity contribution in [3.63, 3.8) is 0 Å². The van der Waals surface area contributed by atoms with Crippen molar-refractivity contribution in [3.8, 4) is 44.5 Å². The van der Waals surface area contributed by atoms with Gasteiger partial charge in [0.25, 0.3) is 0 Å². The number of aromatic nitrogens is 1. The van der Waals surface area contributed by atoms with E-state index in [9.17, 15) is 0 Å². The summed E-state index contributed by atoms with van der Waals surface area (Å²) < 4.78 is 0. The molecule has 0 radical (unpaired) electrons. The van der Waals surface area contributed by atoms with E-state index in [1.165, 1.54) is 88.0 Å². The van der Waals surface area contributed by atoms with E-state index in [4.69, 9.17) is 0 Å². The van der Waals surface area contributed by atoms with E-state index in [2.05, 4.69) is 158 Å². The summed E-state index contributed by atoms with van der Waals surface area (Å²) >= 11 is 0. The topological polar surface area (TPSA) is 12.9 Å². The van der Waals surface area contributed by atoms with Crippen molar-refractivity contribution < 1.29 is 0 Å². The predicted octanol–water partition coefficient (Wildman–Crippen LogP) is 11.8. The number of pyridine rings is 1. The van der Waals surface area contributed by atoms with E-state index >= 15 is 0 Å². The van der Waals surface area contributed by atoms with Gasteiger partial charge in [0.15, 0.2) is 0 Å². The lowest BCUT2D eigenvalue weighted by atomic mass is 9.81. The smallest absolute Gasteiger partial charge is 0.0353 e. The molecular formula is C44H31N. The summed E-state index contributed by atoms with van der Waals surface area (Å²) in [6.07, 6.45) is 3.97. The highest BCUT2D eigenvalue weighted by molar-refractivity contribution is 6.21. The number of benzene rings is 7. The molecule has 0 unspecified atom stereocenters. The van der Waals surface area contributed by atoms with Crippen LogP contribution in [0.3, 0.4) is 0 Å². The number of rotatable bonds is 3. The van der Waals surface area contributed by atoms with Gasteiger partial charge in [0.2, 0.25) is 0 Å². The molecule has 212 valence electrons. The molecule has 8 aromatic rings. The molecule has 7 aromatic carbocycles. The summed E-state index contributed by atoms with van der Waals surface area (Å²) in [4.78, 5) is 4.65. The maximum Gasteiger partial charge on any atom is 0.0353 e. The molecule has 1 heterocycles. The Kier molecular flexibility index (Phi) is 5.61. The van der Waals surface area contributed by atoms with Crippen LogP contribution in [-0.4, -0.2) is 4.98 Å². The predicted molar refractivity (Wildman–Crippen MR) is 191 cm³/mol. The third-order valence-corrected chi connectivity index (χ3v) is 9.93. The fraction of sp³-hybridized carbons (Fsp3) is 0.0682. The van der Waals surface area contributed by atoms with Gasteiger partial charge in [-0.1, -0.05) is 129 Å². The van der Waals surface area contributed by atoms with Crippen LogP contribution in [0.1, 0.15) is 25.0 Å². The second kappa shape index (κ2) is 9.74. The van der Waals surface area contributed by atoms with Crippen molar-refractivity contribution in [2.45, 2.75) is 19.3 Å². The van der Waals surface area contributed by atoms with Crippen LogP contribution in [0.4, 0.5) is 0 Å². The van der Waals surface area contributed by atoms with E-state index in [-0.39, 0.29) is 5.41 Å². The van der Waals surface area contributed by atoms with E-state index in [1.54, 1.807) is 0 Å². The largest absolute Gasteiger partial charge is 0.264 e. The van der Waals surface area contributed by atoms with E-state index < -0.39 is 0 Å². The van der Waals surface area contributed by atoms with Crippen molar-refractivity contribution in [1.29, 1.82) is 0 Å². The molecule has 0 aliphatic heterocycles. The highest BCUT2D eigenvalue weighted by Gasteiger charge is 2.35. The Morgan fingerprint density at radius 3 is 1.91 bits per heavy atom. The van der Waals surface area contributed by atoms with Gasteiger partial charge in [-0.2, -0.15) is 0 Å². The molecule has 1 nitrogen and oxygen atoms in total. The zero-order valence-corrected chi connectivity index (χ0v) is 25.4. The van der Waals surface area contributed by atoms with E-state index in [0.717, 1.165) is 0 Å². The van der Waals surface area contributed by atoms with Gasteiger partial charge in [0.05, 0.1) is 0 Å². The van der Waals surface area contributed by atoms with Crippen molar-refractivity contribution in [3.05, 3.63) is 163 Å². The molecule has 45 heavy (non-hydrogen) atoms. The van der Waals surface area contributed by atoms with Crippen LogP contribution >= 0.6 is 0 Å². The molecule has 9 rings (SSSR count). The van der Waals surface area contributed by atoms with Crippen LogP contribution < -0.4 is 0 Å². The summed E-state index contributed by atoms with van der Waals surface area (Å²) in [5.74, 6) is 0. The van der Waals surface area contributed by atoms with Crippen LogP contribution in [0.5, 0.6) is 0 Å². The zero-order chi connectivity index (χ0) is 30.1. The van der Waals surface area contributed by atoms with E-state index in [0.29, 0.717) is 0 Å². The molecule has 1 aliphatic rings. The standard InChI is InChI=1S/C44H31N/c1-44(2)40-17-8-7-14-34(40)35-21-20-31(26-41(35)44)30-12-9-13-32(25-30)43-37-16-6-5-15-36(37)42(38-22-23-45-27-39(38)43)33-19-18-28-10-3-4-11-29(28)24-33/h3-27H,1-2H3. The second-order valence-corrected chi connectivity index (χ2v) is 12.8. The Morgan fingerprint density at radius 1 is 0.422 bits per heavy atom. The molecule has 0 N–H and O–H groups in total. The SMILES string of the molecule is CC1(C)c2ccccc2-c2ccc(-c3cccc(-c4c5ccccc5c(-c5ccc6ccccc6c5)c5ccncc45)c3)cc21. The van der Waals surface area contributed by atoms with Gasteiger partial charge < -0.3 is 0 Å². The van der Waals surface area contributed by atoms with Gasteiger partial charge in [-0.15, -0.1) is 0 Å².